The van der Waals surface area contributed by atoms with Gasteiger partial charge in [0, 0.05) is 5.57 Å². The van der Waals surface area contributed by atoms with Crippen molar-refractivity contribution in [1.82, 2.24) is 0 Å². The highest BCUT2D eigenvalue weighted by Gasteiger charge is 2.12. The molecule has 0 amide bonds. The van der Waals surface area contributed by atoms with E-state index in [-0.39, 0.29) is 11.6 Å². The fourth-order valence-electron chi connectivity index (χ4n) is 1.02. The van der Waals surface area contributed by atoms with Gasteiger partial charge < -0.3 is 0 Å². The van der Waals surface area contributed by atoms with Crippen LogP contribution in [0.2, 0.25) is 0 Å². The third-order valence-corrected chi connectivity index (χ3v) is 1.52. The van der Waals surface area contributed by atoms with Crippen LogP contribution in [0, 0.1) is 0 Å². The molecule has 1 aliphatic carbocycles. The van der Waals surface area contributed by atoms with Gasteiger partial charge in [0.15, 0.2) is 11.6 Å². The minimum atomic E-state index is -0.120. The number of ketones is 2. The van der Waals surface area contributed by atoms with Crippen molar-refractivity contribution in [3.8, 4) is 0 Å². The minimum Gasteiger partial charge on any atom is -0.290 e. The van der Waals surface area contributed by atoms with Gasteiger partial charge in [-0.3, -0.25) is 9.59 Å². The first-order chi connectivity index (χ1) is 5.59. The molecule has 0 heterocycles. The molecule has 62 valence electrons. The van der Waals surface area contributed by atoms with E-state index in [4.69, 9.17) is 0 Å². The van der Waals surface area contributed by atoms with E-state index in [0.29, 0.717) is 12.0 Å². The van der Waals surface area contributed by atoms with E-state index in [1.54, 1.807) is 0 Å². The molecule has 12 heavy (non-hydrogen) atoms. The molecule has 2 nitrogen and oxygen atoms in total. The molecule has 0 N–H and O–H groups in total. The molecule has 0 bridgehead atoms. The van der Waals surface area contributed by atoms with Gasteiger partial charge in [-0.25, -0.2) is 0 Å². The van der Waals surface area contributed by atoms with Gasteiger partial charge in [0.25, 0.3) is 0 Å². The monoisotopic (exact) mass is 162 g/mol. The Labute approximate surface area is 71.3 Å². The molecule has 1 aliphatic rings. The normalized spacial score (nSPS) is 16.2. The zero-order valence-electron chi connectivity index (χ0n) is 6.96. The standard InChI is InChI=1S/C10H10O2/c1-7(2)5-8-6-9(11)3-4-10(8)12/h3-4,6H,1,5H2,2H3. The van der Waals surface area contributed by atoms with Crippen LogP contribution in [0.4, 0.5) is 0 Å². The first kappa shape index (κ1) is 8.65. The van der Waals surface area contributed by atoms with Crippen molar-refractivity contribution >= 4 is 11.6 Å². The Morgan fingerprint density at radius 1 is 1.42 bits per heavy atom. The third-order valence-electron chi connectivity index (χ3n) is 1.52. The van der Waals surface area contributed by atoms with Gasteiger partial charge in [0.1, 0.15) is 0 Å². The van der Waals surface area contributed by atoms with Crippen molar-refractivity contribution in [2.45, 2.75) is 13.3 Å². The molecule has 0 radical (unpaired) electrons. The van der Waals surface area contributed by atoms with Crippen molar-refractivity contribution in [2.75, 3.05) is 0 Å². The molecule has 0 aromatic carbocycles. The number of allylic oxidation sites excluding steroid dienone is 5. The second-order valence-corrected chi connectivity index (χ2v) is 2.90. The van der Waals surface area contributed by atoms with Crippen molar-refractivity contribution in [1.29, 1.82) is 0 Å². The summed E-state index contributed by atoms with van der Waals surface area (Å²) in [5.41, 5.74) is 1.42. The van der Waals surface area contributed by atoms with Crippen molar-refractivity contribution in [2.24, 2.45) is 0 Å². The smallest absolute Gasteiger partial charge is 0.182 e. The highest BCUT2D eigenvalue weighted by Crippen LogP contribution is 2.13. The van der Waals surface area contributed by atoms with Gasteiger partial charge in [-0.15, -0.1) is 0 Å². The summed E-state index contributed by atoms with van der Waals surface area (Å²) in [4.78, 5) is 22.0. The largest absolute Gasteiger partial charge is 0.290 e. The molecule has 2 heteroatoms. The van der Waals surface area contributed by atoms with E-state index in [9.17, 15) is 9.59 Å². The van der Waals surface area contributed by atoms with Gasteiger partial charge in [0.2, 0.25) is 0 Å². The molecule has 0 aromatic rings. The highest BCUT2D eigenvalue weighted by atomic mass is 16.1. The van der Waals surface area contributed by atoms with Crippen LogP contribution in [0.25, 0.3) is 0 Å². The van der Waals surface area contributed by atoms with E-state index in [1.165, 1.54) is 18.2 Å². The summed E-state index contributed by atoms with van der Waals surface area (Å²) in [6.07, 6.45) is 4.46. The Bertz CT molecular complexity index is 306. The second kappa shape index (κ2) is 3.30. The molecule has 0 aromatic heterocycles. The highest BCUT2D eigenvalue weighted by molar-refractivity contribution is 6.17. The average Bonchev–Trinajstić information content (AvgIpc) is 1.96. The van der Waals surface area contributed by atoms with Crippen LogP contribution >= 0.6 is 0 Å². The Balaban J connectivity index is 2.81. The SMILES string of the molecule is C=C(C)CC1=CC(=O)C=CC1=O. The molecular weight excluding hydrogens is 152 g/mol. The zero-order chi connectivity index (χ0) is 9.14. The van der Waals surface area contributed by atoms with Crippen LogP contribution < -0.4 is 0 Å². The van der Waals surface area contributed by atoms with Gasteiger partial charge in [-0.1, -0.05) is 12.2 Å². The molecule has 1 rings (SSSR count). The van der Waals surface area contributed by atoms with Crippen LogP contribution in [0.15, 0.2) is 36.0 Å². The summed E-state index contributed by atoms with van der Waals surface area (Å²) in [6, 6.07) is 0. The summed E-state index contributed by atoms with van der Waals surface area (Å²) in [5, 5.41) is 0. The van der Waals surface area contributed by atoms with Crippen LogP contribution in [0.3, 0.4) is 0 Å². The Morgan fingerprint density at radius 3 is 2.67 bits per heavy atom. The number of carbonyl (C=O) groups excluding carboxylic acids is 2. The lowest BCUT2D eigenvalue weighted by Crippen LogP contribution is -2.07. The first-order valence-corrected chi connectivity index (χ1v) is 3.71. The third kappa shape index (κ3) is 2.02. The zero-order valence-corrected chi connectivity index (χ0v) is 6.96. The van der Waals surface area contributed by atoms with Crippen molar-refractivity contribution in [3.63, 3.8) is 0 Å². The Hall–Kier alpha value is -1.44. The van der Waals surface area contributed by atoms with E-state index in [2.05, 4.69) is 6.58 Å². The summed E-state index contributed by atoms with van der Waals surface area (Å²) < 4.78 is 0. The van der Waals surface area contributed by atoms with Gasteiger partial charge >= 0.3 is 0 Å². The van der Waals surface area contributed by atoms with E-state index in [1.807, 2.05) is 6.92 Å². The van der Waals surface area contributed by atoms with Crippen molar-refractivity contribution < 1.29 is 9.59 Å². The lowest BCUT2D eigenvalue weighted by atomic mass is 9.98. The molecule has 0 unspecified atom stereocenters. The molecule has 0 fully saturated rings. The molecular formula is C10H10O2. The van der Waals surface area contributed by atoms with Gasteiger partial charge in [0.05, 0.1) is 0 Å². The quantitative estimate of drug-likeness (QED) is 0.456. The maximum absolute atomic E-state index is 11.1. The number of hydrogen-bond donors (Lipinski definition) is 0. The van der Waals surface area contributed by atoms with E-state index < -0.39 is 0 Å². The van der Waals surface area contributed by atoms with Crippen LogP contribution in [-0.2, 0) is 9.59 Å². The predicted octanol–water partition coefficient (Wildman–Crippen LogP) is 1.59. The lowest BCUT2D eigenvalue weighted by molar-refractivity contribution is -0.114. The summed E-state index contributed by atoms with van der Waals surface area (Å²) in [6.45, 7) is 5.51. The number of rotatable bonds is 2. The Kier molecular flexibility index (Phi) is 2.38. The first-order valence-electron chi connectivity index (χ1n) is 3.71. The molecule has 0 saturated heterocycles. The number of carbonyl (C=O) groups is 2. The molecule has 0 aliphatic heterocycles. The minimum absolute atomic E-state index is 0.0856. The fourth-order valence-corrected chi connectivity index (χ4v) is 1.02. The van der Waals surface area contributed by atoms with E-state index in [0.717, 1.165) is 5.57 Å². The fraction of sp³-hybridized carbons (Fsp3) is 0.200. The average molecular weight is 162 g/mol. The van der Waals surface area contributed by atoms with Gasteiger partial charge in [-0.05, 0) is 31.6 Å². The maximum Gasteiger partial charge on any atom is 0.182 e. The topological polar surface area (TPSA) is 34.1 Å². The second-order valence-electron chi connectivity index (χ2n) is 2.90. The molecule has 0 saturated carbocycles. The van der Waals surface area contributed by atoms with Crippen LogP contribution in [0.1, 0.15) is 13.3 Å². The number of hydrogen-bond acceptors (Lipinski definition) is 2. The Morgan fingerprint density at radius 2 is 2.08 bits per heavy atom. The van der Waals surface area contributed by atoms with Crippen molar-refractivity contribution in [3.05, 3.63) is 36.0 Å². The van der Waals surface area contributed by atoms with Crippen LogP contribution in [-0.4, -0.2) is 11.6 Å². The summed E-state index contributed by atoms with van der Waals surface area (Å²) >= 11 is 0. The maximum atomic E-state index is 11.1. The van der Waals surface area contributed by atoms with E-state index >= 15 is 0 Å². The van der Waals surface area contributed by atoms with Crippen LogP contribution in [0.5, 0.6) is 0 Å². The summed E-state index contributed by atoms with van der Waals surface area (Å²) in [5.74, 6) is -0.205. The summed E-state index contributed by atoms with van der Waals surface area (Å²) in [7, 11) is 0. The molecule has 0 spiro atoms. The molecule has 0 atom stereocenters. The van der Waals surface area contributed by atoms with Gasteiger partial charge in [-0.2, -0.15) is 0 Å². The predicted molar refractivity (Wildman–Crippen MR) is 46.7 cm³/mol. The lowest BCUT2D eigenvalue weighted by Gasteiger charge is -2.05.